The van der Waals surface area contributed by atoms with Crippen LogP contribution in [0, 0.1) is 0 Å². The topological polar surface area (TPSA) is 59.9 Å². The van der Waals surface area contributed by atoms with Crippen molar-refractivity contribution in [1.82, 2.24) is 5.43 Å². The number of benzene rings is 3. The SMILES string of the molecule is O=C(COc1ccccc1Cl)N/N=C\c1cc(Br)ccc1OCc1ccccc1. The van der Waals surface area contributed by atoms with Gasteiger partial charge in [-0.05, 0) is 35.9 Å². The van der Waals surface area contributed by atoms with Crippen molar-refractivity contribution in [1.29, 1.82) is 0 Å². The molecule has 3 aromatic rings. The van der Waals surface area contributed by atoms with E-state index in [1.807, 2.05) is 48.5 Å². The van der Waals surface area contributed by atoms with Gasteiger partial charge < -0.3 is 9.47 Å². The first kappa shape index (κ1) is 20.9. The molecule has 0 spiro atoms. The van der Waals surface area contributed by atoms with Crippen LogP contribution in [-0.2, 0) is 11.4 Å². The standard InChI is InChI=1S/C22H18BrClN2O3/c23-18-10-11-20(28-14-16-6-2-1-3-7-16)17(12-18)13-25-26-22(27)15-29-21-9-5-4-8-19(21)24/h1-13H,14-15H2,(H,26,27)/b25-13-. The summed E-state index contributed by atoms with van der Waals surface area (Å²) >= 11 is 9.43. The number of carbonyl (C=O) groups is 1. The van der Waals surface area contributed by atoms with Gasteiger partial charge in [0.15, 0.2) is 6.61 Å². The Morgan fingerprint density at radius 3 is 2.55 bits per heavy atom. The number of hydrazone groups is 1. The molecule has 0 saturated heterocycles. The van der Waals surface area contributed by atoms with Gasteiger partial charge in [-0.2, -0.15) is 5.10 Å². The number of nitrogens with zero attached hydrogens (tertiary/aromatic N) is 1. The van der Waals surface area contributed by atoms with Crippen molar-refractivity contribution < 1.29 is 14.3 Å². The highest BCUT2D eigenvalue weighted by Crippen LogP contribution is 2.23. The maximum Gasteiger partial charge on any atom is 0.277 e. The first-order chi connectivity index (χ1) is 14.1. The van der Waals surface area contributed by atoms with E-state index in [1.165, 1.54) is 6.21 Å². The van der Waals surface area contributed by atoms with Crippen molar-refractivity contribution in [2.75, 3.05) is 6.61 Å². The molecule has 0 radical (unpaired) electrons. The van der Waals surface area contributed by atoms with E-state index in [0.29, 0.717) is 23.1 Å². The predicted molar refractivity (Wildman–Crippen MR) is 118 cm³/mol. The zero-order chi connectivity index (χ0) is 20.5. The summed E-state index contributed by atoms with van der Waals surface area (Å²) in [5.74, 6) is 0.696. The molecule has 1 amide bonds. The number of halogens is 2. The highest BCUT2D eigenvalue weighted by molar-refractivity contribution is 9.10. The van der Waals surface area contributed by atoms with Gasteiger partial charge >= 0.3 is 0 Å². The Kier molecular flexibility index (Phi) is 7.67. The van der Waals surface area contributed by atoms with E-state index in [9.17, 15) is 4.79 Å². The van der Waals surface area contributed by atoms with Crippen LogP contribution in [0.3, 0.4) is 0 Å². The lowest BCUT2D eigenvalue weighted by molar-refractivity contribution is -0.123. The minimum Gasteiger partial charge on any atom is -0.488 e. The van der Waals surface area contributed by atoms with Crippen LogP contribution in [0.4, 0.5) is 0 Å². The van der Waals surface area contributed by atoms with E-state index in [4.69, 9.17) is 21.1 Å². The first-order valence-corrected chi connectivity index (χ1v) is 9.94. The summed E-state index contributed by atoms with van der Waals surface area (Å²) < 4.78 is 12.1. The molecule has 0 aliphatic rings. The summed E-state index contributed by atoms with van der Waals surface area (Å²) in [6.45, 7) is 0.234. The van der Waals surface area contributed by atoms with Crippen LogP contribution in [0.25, 0.3) is 0 Å². The third-order valence-electron chi connectivity index (χ3n) is 3.80. The van der Waals surface area contributed by atoms with Crippen LogP contribution in [-0.4, -0.2) is 18.7 Å². The van der Waals surface area contributed by atoms with Crippen molar-refractivity contribution in [3.05, 3.63) is 93.4 Å². The molecule has 3 rings (SSSR count). The Bertz CT molecular complexity index is 996. The Labute approximate surface area is 182 Å². The monoisotopic (exact) mass is 472 g/mol. The first-order valence-electron chi connectivity index (χ1n) is 8.77. The van der Waals surface area contributed by atoms with Crippen molar-refractivity contribution >= 4 is 39.7 Å². The molecule has 0 saturated carbocycles. The van der Waals surface area contributed by atoms with Crippen molar-refractivity contribution in [3.8, 4) is 11.5 Å². The quantitative estimate of drug-likeness (QED) is 0.361. The number of nitrogens with one attached hydrogen (secondary N) is 1. The highest BCUT2D eigenvalue weighted by atomic mass is 79.9. The smallest absolute Gasteiger partial charge is 0.277 e. The van der Waals surface area contributed by atoms with Crippen LogP contribution in [0.5, 0.6) is 11.5 Å². The summed E-state index contributed by atoms with van der Waals surface area (Å²) in [4.78, 5) is 11.9. The molecular formula is C22H18BrClN2O3. The molecule has 29 heavy (non-hydrogen) atoms. The van der Waals surface area contributed by atoms with Gasteiger partial charge in [-0.15, -0.1) is 0 Å². The van der Waals surface area contributed by atoms with Crippen LogP contribution in [0.15, 0.2) is 82.4 Å². The highest BCUT2D eigenvalue weighted by Gasteiger charge is 2.06. The second-order valence-corrected chi connectivity index (χ2v) is 7.29. The molecule has 0 aliphatic heterocycles. The molecule has 0 bridgehead atoms. The molecule has 7 heteroatoms. The normalized spacial score (nSPS) is 10.7. The van der Waals surface area contributed by atoms with E-state index in [0.717, 1.165) is 15.6 Å². The fraction of sp³-hybridized carbons (Fsp3) is 0.0909. The fourth-order valence-corrected chi connectivity index (χ4v) is 2.97. The zero-order valence-corrected chi connectivity index (χ0v) is 17.7. The summed E-state index contributed by atoms with van der Waals surface area (Å²) in [6, 6.07) is 22.4. The number of para-hydroxylation sites is 1. The van der Waals surface area contributed by atoms with Crippen LogP contribution in [0.2, 0.25) is 5.02 Å². The summed E-state index contributed by atoms with van der Waals surface area (Å²) in [5, 5.41) is 4.44. The van der Waals surface area contributed by atoms with Crippen LogP contribution in [0.1, 0.15) is 11.1 Å². The molecule has 0 atom stereocenters. The lowest BCUT2D eigenvalue weighted by atomic mass is 10.2. The van der Waals surface area contributed by atoms with E-state index < -0.39 is 5.91 Å². The number of ether oxygens (including phenoxy) is 2. The molecule has 0 fully saturated rings. The molecule has 0 unspecified atom stereocenters. The van der Waals surface area contributed by atoms with Gasteiger partial charge in [0.1, 0.15) is 18.1 Å². The maximum absolute atomic E-state index is 11.9. The van der Waals surface area contributed by atoms with E-state index in [2.05, 4.69) is 26.5 Å². The Morgan fingerprint density at radius 2 is 1.76 bits per heavy atom. The second-order valence-electron chi connectivity index (χ2n) is 5.97. The molecule has 148 valence electrons. The largest absolute Gasteiger partial charge is 0.488 e. The third-order valence-corrected chi connectivity index (χ3v) is 4.60. The summed E-state index contributed by atoms with van der Waals surface area (Å²) in [7, 11) is 0. The van der Waals surface area contributed by atoms with E-state index in [-0.39, 0.29) is 6.61 Å². The van der Waals surface area contributed by atoms with Crippen molar-refractivity contribution in [2.45, 2.75) is 6.61 Å². The van der Waals surface area contributed by atoms with Gasteiger partial charge in [-0.1, -0.05) is 70.0 Å². The van der Waals surface area contributed by atoms with Gasteiger partial charge in [0.2, 0.25) is 0 Å². The molecule has 3 aromatic carbocycles. The summed E-state index contributed by atoms with van der Waals surface area (Å²) in [5.41, 5.74) is 4.22. The van der Waals surface area contributed by atoms with Crippen LogP contribution < -0.4 is 14.9 Å². The van der Waals surface area contributed by atoms with Gasteiger partial charge in [-0.25, -0.2) is 5.43 Å². The number of hydrogen-bond donors (Lipinski definition) is 1. The molecule has 0 heterocycles. The van der Waals surface area contributed by atoms with Crippen molar-refractivity contribution in [2.24, 2.45) is 5.10 Å². The lowest BCUT2D eigenvalue weighted by Crippen LogP contribution is -2.24. The zero-order valence-electron chi connectivity index (χ0n) is 15.3. The molecule has 0 aliphatic carbocycles. The molecule has 5 nitrogen and oxygen atoms in total. The molecule has 1 N–H and O–H groups in total. The number of hydrogen-bond acceptors (Lipinski definition) is 4. The van der Waals surface area contributed by atoms with Gasteiger partial charge in [-0.3, -0.25) is 4.79 Å². The van der Waals surface area contributed by atoms with Gasteiger partial charge in [0.05, 0.1) is 11.2 Å². The fourth-order valence-electron chi connectivity index (χ4n) is 2.40. The number of rotatable bonds is 8. The Hall–Kier alpha value is -2.83. The van der Waals surface area contributed by atoms with Gasteiger partial charge in [0.25, 0.3) is 5.91 Å². The Morgan fingerprint density at radius 1 is 1.00 bits per heavy atom. The molecular weight excluding hydrogens is 456 g/mol. The van der Waals surface area contributed by atoms with Crippen LogP contribution >= 0.6 is 27.5 Å². The minimum atomic E-state index is -0.400. The van der Waals surface area contributed by atoms with Gasteiger partial charge in [0, 0.05) is 10.0 Å². The average molecular weight is 474 g/mol. The predicted octanol–water partition coefficient (Wildman–Crippen LogP) is 5.21. The number of carbonyl (C=O) groups excluding carboxylic acids is 1. The number of amides is 1. The molecule has 0 aromatic heterocycles. The van der Waals surface area contributed by atoms with E-state index in [1.54, 1.807) is 24.3 Å². The Balaban J connectivity index is 1.57. The minimum absolute atomic E-state index is 0.197. The lowest BCUT2D eigenvalue weighted by Gasteiger charge is -2.10. The second kappa shape index (κ2) is 10.6. The van der Waals surface area contributed by atoms with Crippen molar-refractivity contribution in [3.63, 3.8) is 0 Å². The summed E-state index contributed by atoms with van der Waals surface area (Å²) in [6.07, 6.45) is 1.53. The maximum atomic E-state index is 11.9. The average Bonchev–Trinajstić information content (AvgIpc) is 2.73. The third kappa shape index (κ3) is 6.62. The van der Waals surface area contributed by atoms with E-state index >= 15 is 0 Å².